The number of benzene rings is 1. The summed E-state index contributed by atoms with van der Waals surface area (Å²) >= 11 is 0. The molecule has 1 aromatic rings. The maximum atomic E-state index is 2.38. The van der Waals surface area contributed by atoms with Crippen molar-refractivity contribution in [2.75, 3.05) is 11.4 Å². The highest BCUT2D eigenvalue weighted by Crippen LogP contribution is 2.16. The molecule has 0 saturated heterocycles. The molecule has 0 aliphatic rings. The van der Waals surface area contributed by atoms with Gasteiger partial charge in [-0.25, -0.2) is 0 Å². The molecule has 0 unspecified atom stereocenters. The van der Waals surface area contributed by atoms with Crippen molar-refractivity contribution in [2.45, 2.75) is 59.3 Å². The lowest BCUT2D eigenvalue weighted by atomic mass is 10.2. The van der Waals surface area contributed by atoms with Crippen molar-refractivity contribution < 1.29 is 0 Å². The van der Waals surface area contributed by atoms with E-state index in [1.54, 1.807) is 0 Å². The summed E-state index contributed by atoms with van der Waals surface area (Å²) in [4.78, 5) is 2.38. The van der Waals surface area contributed by atoms with E-state index in [0.717, 1.165) is 6.54 Å². The zero-order valence-electron chi connectivity index (χ0n) is 12.9. The van der Waals surface area contributed by atoms with E-state index in [4.69, 9.17) is 0 Å². The maximum absolute atomic E-state index is 2.38. The molecule has 0 spiro atoms. The Morgan fingerprint density at radius 2 is 1.63 bits per heavy atom. The van der Waals surface area contributed by atoms with E-state index in [0.29, 0.717) is 0 Å². The minimum Gasteiger partial charge on any atom is -0.348 e. The average Bonchev–Trinajstić information content (AvgIpc) is 2.43. The number of allylic oxidation sites excluding steroid dienone is 1. The molecule has 0 saturated carbocycles. The third kappa shape index (κ3) is 6.47. The van der Waals surface area contributed by atoms with Crippen molar-refractivity contribution in [1.29, 1.82) is 0 Å². The Bertz CT molecular complexity index is 350. The predicted molar refractivity (Wildman–Crippen MR) is 86.7 cm³/mol. The van der Waals surface area contributed by atoms with Gasteiger partial charge < -0.3 is 4.90 Å². The van der Waals surface area contributed by atoms with Gasteiger partial charge in [-0.2, -0.15) is 0 Å². The first-order valence-corrected chi connectivity index (χ1v) is 7.78. The van der Waals surface area contributed by atoms with Crippen LogP contribution in [0.4, 0.5) is 5.69 Å². The van der Waals surface area contributed by atoms with Gasteiger partial charge in [0.2, 0.25) is 0 Å². The fourth-order valence-electron chi connectivity index (χ4n) is 2.07. The molecule has 1 nitrogen and oxygen atoms in total. The lowest BCUT2D eigenvalue weighted by Gasteiger charge is -2.20. The third-order valence-corrected chi connectivity index (χ3v) is 3.38. The predicted octanol–water partition coefficient (Wildman–Crippen LogP) is 5.70. The van der Waals surface area contributed by atoms with Crippen LogP contribution >= 0.6 is 0 Å². The number of aryl methyl sites for hydroxylation is 1. The number of anilines is 1. The van der Waals surface area contributed by atoms with E-state index in [1.807, 2.05) is 0 Å². The normalized spacial score (nSPS) is 11.1. The minimum atomic E-state index is 1.11. The maximum Gasteiger partial charge on any atom is 0.0406 e. The summed E-state index contributed by atoms with van der Waals surface area (Å²) < 4.78 is 0. The topological polar surface area (TPSA) is 3.24 Å². The van der Waals surface area contributed by atoms with Crippen molar-refractivity contribution in [2.24, 2.45) is 0 Å². The fourth-order valence-corrected chi connectivity index (χ4v) is 2.07. The van der Waals surface area contributed by atoms with E-state index >= 15 is 0 Å². The first-order chi connectivity index (χ1) is 9.27. The SMILES string of the molecule is CCCCCC=CN(CCCC)c1ccc(C)cc1. The number of unbranched alkanes of at least 4 members (excludes halogenated alkanes) is 4. The molecular weight excluding hydrogens is 230 g/mol. The van der Waals surface area contributed by atoms with Gasteiger partial charge in [-0.15, -0.1) is 0 Å². The molecule has 1 heteroatoms. The van der Waals surface area contributed by atoms with Crippen molar-refractivity contribution in [3.63, 3.8) is 0 Å². The van der Waals surface area contributed by atoms with Gasteiger partial charge in [0.05, 0.1) is 0 Å². The van der Waals surface area contributed by atoms with Crippen molar-refractivity contribution in [3.8, 4) is 0 Å². The molecule has 0 bridgehead atoms. The highest BCUT2D eigenvalue weighted by Gasteiger charge is 2.01. The van der Waals surface area contributed by atoms with Crippen LogP contribution in [0.15, 0.2) is 36.5 Å². The molecule has 0 aliphatic carbocycles. The molecule has 0 aliphatic heterocycles. The smallest absolute Gasteiger partial charge is 0.0406 e. The largest absolute Gasteiger partial charge is 0.348 e. The Morgan fingerprint density at radius 1 is 0.947 bits per heavy atom. The summed E-state index contributed by atoms with van der Waals surface area (Å²) in [5.41, 5.74) is 2.64. The molecule has 0 N–H and O–H groups in total. The van der Waals surface area contributed by atoms with Crippen LogP contribution in [-0.4, -0.2) is 6.54 Å². The van der Waals surface area contributed by atoms with Crippen molar-refractivity contribution in [3.05, 3.63) is 42.1 Å². The first-order valence-electron chi connectivity index (χ1n) is 7.78. The summed E-state index contributed by atoms with van der Waals surface area (Å²) in [5.74, 6) is 0. The molecule has 0 fully saturated rings. The van der Waals surface area contributed by atoms with Crippen LogP contribution in [-0.2, 0) is 0 Å². The van der Waals surface area contributed by atoms with Gasteiger partial charge in [-0.1, -0.05) is 56.9 Å². The Morgan fingerprint density at radius 3 is 2.26 bits per heavy atom. The number of hydrogen-bond acceptors (Lipinski definition) is 1. The van der Waals surface area contributed by atoms with Gasteiger partial charge >= 0.3 is 0 Å². The molecular formula is C18H29N. The average molecular weight is 259 g/mol. The van der Waals surface area contributed by atoms with Crippen LogP contribution in [0.25, 0.3) is 0 Å². The number of nitrogens with zero attached hydrogens (tertiary/aromatic N) is 1. The first kappa shape index (κ1) is 15.8. The number of rotatable bonds is 9. The Kier molecular flexibility index (Phi) is 8.04. The van der Waals surface area contributed by atoms with Gasteiger partial charge in [0.15, 0.2) is 0 Å². The highest BCUT2D eigenvalue weighted by atomic mass is 15.1. The van der Waals surface area contributed by atoms with Crippen molar-refractivity contribution in [1.82, 2.24) is 0 Å². The van der Waals surface area contributed by atoms with Gasteiger partial charge in [0, 0.05) is 18.4 Å². The van der Waals surface area contributed by atoms with Crippen LogP contribution in [0.5, 0.6) is 0 Å². The quantitative estimate of drug-likeness (QED) is 0.514. The van der Waals surface area contributed by atoms with E-state index in [2.05, 4.69) is 62.2 Å². The zero-order chi connectivity index (χ0) is 13.9. The molecule has 106 valence electrons. The molecule has 1 aromatic carbocycles. The second kappa shape index (κ2) is 9.66. The minimum absolute atomic E-state index is 1.11. The van der Waals surface area contributed by atoms with Gasteiger partial charge in [-0.05, 0) is 38.3 Å². The van der Waals surface area contributed by atoms with E-state index < -0.39 is 0 Å². The van der Waals surface area contributed by atoms with Crippen LogP contribution in [0.1, 0.15) is 57.9 Å². The molecule has 0 atom stereocenters. The molecule has 19 heavy (non-hydrogen) atoms. The van der Waals surface area contributed by atoms with E-state index in [-0.39, 0.29) is 0 Å². The monoisotopic (exact) mass is 259 g/mol. The molecule has 0 amide bonds. The molecule has 0 aromatic heterocycles. The summed E-state index contributed by atoms with van der Waals surface area (Å²) in [5, 5.41) is 0. The lowest BCUT2D eigenvalue weighted by molar-refractivity contribution is 0.726. The van der Waals surface area contributed by atoms with Crippen LogP contribution < -0.4 is 4.90 Å². The molecule has 0 heterocycles. The summed E-state index contributed by atoms with van der Waals surface area (Å²) in [6.07, 6.45) is 12.2. The standard InChI is InChI=1S/C18H29N/c1-4-6-8-9-10-16-19(15-7-5-2)18-13-11-17(3)12-14-18/h10-14,16H,4-9,15H2,1-3H3. The van der Waals surface area contributed by atoms with Crippen LogP contribution in [0, 0.1) is 6.92 Å². The Balaban J connectivity index is 2.58. The molecule has 0 radical (unpaired) electrons. The van der Waals surface area contributed by atoms with Crippen LogP contribution in [0.3, 0.4) is 0 Å². The number of hydrogen-bond donors (Lipinski definition) is 0. The summed E-state index contributed by atoms with van der Waals surface area (Å²) in [6.45, 7) is 7.76. The van der Waals surface area contributed by atoms with Gasteiger partial charge in [0.25, 0.3) is 0 Å². The second-order valence-corrected chi connectivity index (χ2v) is 5.26. The highest BCUT2D eigenvalue weighted by molar-refractivity contribution is 5.50. The van der Waals surface area contributed by atoms with Crippen molar-refractivity contribution >= 4 is 5.69 Å². The third-order valence-electron chi connectivity index (χ3n) is 3.38. The Labute approximate surface area is 119 Å². The van der Waals surface area contributed by atoms with E-state index in [9.17, 15) is 0 Å². The summed E-state index contributed by atoms with van der Waals surface area (Å²) in [6, 6.07) is 8.83. The van der Waals surface area contributed by atoms with Gasteiger partial charge in [0.1, 0.15) is 0 Å². The lowest BCUT2D eigenvalue weighted by Crippen LogP contribution is -2.17. The van der Waals surface area contributed by atoms with E-state index in [1.165, 1.54) is 49.8 Å². The summed E-state index contributed by atoms with van der Waals surface area (Å²) in [7, 11) is 0. The molecule has 1 rings (SSSR count). The van der Waals surface area contributed by atoms with Crippen LogP contribution in [0.2, 0.25) is 0 Å². The van der Waals surface area contributed by atoms with Gasteiger partial charge in [-0.3, -0.25) is 0 Å². The second-order valence-electron chi connectivity index (χ2n) is 5.26. The zero-order valence-corrected chi connectivity index (χ0v) is 12.9. The Hall–Kier alpha value is -1.24. The fraction of sp³-hybridized carbons (Fsp3) is 0.556.